The van der Waals surface area contributed by atoms with E-state index < -0.39 is 11.2 Å². The van der Waals surface area contributed by atoms with E-state index in [4.69, 9.17) is 0 Å². The number of allylic oxidation sites excluding steroid dienone is 1. The van der Waals surface area contributed by atoms with Gasteiger partial charge in [-0.1, -0.05) is 17.2 Å². The first-order valence-electron chi connectivity index (χ1n) is 6.87. The van der Waals surface area contributed by atoms with Crippen LogP contribution in [0, 0.1) is 13.8 Å². The average molecular weight is 298 g/mol. The number of nitrogens with zero attached hydrogens (tertiary/aromatic N) is 2. The molecule has 0 atom stereocenters. The van der Waals surface area contributed by atoms with Gasteiger partial charge in [-0.25, -0.2) is 4.79 Å². The molecule has 0 fully saturated rings. The SMILES string of the molecule is Cc1cc(C)cc(C(=O)/C=C/c2cn(C)c(=O)n(C)c2=O)c1. The number of rotatable bonds is 3. The second-order valence-corrected chi connectivity index (χ2v) is 5.42. The minimum absolute atomic E-state index is 0.178. The Morgan fingerprint density at radius 3 is 2.23 bits per heavy atom. The fraction of sp³-hybridized carbons (Fsp3) is 0.235. The smallest absolute Gasteiger partial charge is 0.303 e. The topological polar surface area (TPSA) is 61.1 Å². The highest BCUT2D eigenvalue weighted by atomic mass is 16.2. The largest absolute Gasteiger partial charge is 0.330 e. The Labute approximate surface area is 128 Å². The molecule has 22 heavy (non-hydrogen) atoms. The molecule has 0 unspecified atom stereocenters. The summed E-state index contributed by atoms with van der Waals surface area (Å²) in [6, 6.07) is 5.60. The van der Waals surface area contributed by atoms with Crippen LogP contribution in [0.2, 0.25) is 0 Å². The van der Waals surface area contributed by atoms with E-state index in [-0.39, 0.29) is 5.78 Å². The second-order valence-electron chi connectivity index (χ2n) is 5.42. The molecule has 1 heterocycles. The van der Waals surface area contributed by atoms with E-state index in [0.29, 0.717) is 11.1 Å². The first kappa shape index (κ1) is 15.7. The van der Waals surface area contributed by atoms with Crippen LogP contribution in [0.15, 0.2) is 40.1 Å². The number of benzene rings is 1. The molecule has 0 N–H and O–H groups in total. The Morgan fingerprint density at radius 1 is 1.05 bits per heavy atom. The number of ketones is 1. The Balaban J connectivity index is 2.39. The lowest BCUT2D eigenvalue weighted by atomic mass is 10.0. The van der Waals surface area contributed by atoms with Gasteiger partial charge in [-0.05, 0) is 38.1 Å². The first-order valence-corrected chi connectivity index (χ1v) is 6.87. The molecule has 0 aliphatic rings. The lowest BCUT2D eigenvalue weighted by Gasteiger charge is -2.03. The van der Waals surface area contributed by atoms with E-state index in [2.05, 4.69) is 0 Å². The minimum atomic E-state index is -0.424. The second kappa shape index (κ2) is 5.97. The average Bonchev–Trinajstić information content (AvgIpc) is 2.46. The van der Waals surface area contributed by atoms with Crippen molar-refractivity contribution >= 4 is 11.9 Å². The predicted octanol–water partition coefficient (Wildman–Crippen LogP) is 1.60. The van der Waals surface area contributed by atoms with Crippen LogP contribution < -0.4 is 11.2 Å². The Kier molecular flexibility index (Phi) is 4.26. The minimum Gasteiger partial charge on any atom is -0.303 e. The van der Waals surface area contributed by atoms with Gasteiger partial charge < -0.3 is 4.57 Å². The maximum atomic E-state index is 12.2. The van der Waals surface area contributed by atoms with E-state index in [1.807, 2.05) is 19.9 Å². The molecule has 0 aliphatic carbocycles. The van der Waals surface area contributed by atoms with Crippen molar-refractivity contribution in [2.24, 2.45) is 14.1 Å². The number of hydrogen-bond acceptors (Lipinski definition) is 3. The van der Waals surface area contributed by atoms with Crippen molar-refractivity contribution in [2.75, 3.05) is 0 Å². The zero-order chi connectivity index (χ0) is 16.4. The van der Waals surface area contributed by atoms with Gasteiger partial charge in [0.1, 0.15) is 0 Å². The molecule has 0 aliphatic heterocycles. The van der Waals surface area contributed by atoms with Crippen LogP contribution in [0.1, 0.15) is 27.0 Å². The van der Waals surface area contributed by atoms with E-state index in [9.17, 15) is 14.4 Å². The van der Waals surface area contributed by atoms with Gasteiger partial charge in [0.15, 0.2) is 5.78 Å². The van der Waals surface area contributed by atoms with Crippen molar-refractivity contribution in [2.45, 2.75) is 13.8 Å². The standard InChI is InChI=1S/C17H18N2O3/c1-11-7-12(2)9-14(8-11)15(20)6-5-13-10-18(3)17(22)19(4)16(13)21/h5-10H,1-4H3/b6-5+. The first-order chi connectivity index (χ1) is 10.3. The number of hydrogen-bond donors (Lipinski definition) is 0. The fourth-order valence-corrected chi connectivity index (χ4v) is 2.33. The summed E-state index contributed by atoms with van der Waals surface area (Å²) in [5, 5.41) is 0. The summed E-state index contributed by atoms with van der Waals surface area (Å²) in [5.74, 6) is -0.178. The molecule has 0 amide bonds. The summed E-state index contributed by atoms with van der Waals surface area (Å²) in [7, 11) is 2.97. The molecule has 2 aromatic rings. The van der Waals surface area contributed by atoms with Crippen molar-refractivity contribution < 1.29 is 4.79 Å². The Bertz CT molecular complexity index is 866. The Hall–Kier alpha value is -2.69. The molecule has 0 radical (unpaired) electrons. The van der Waals surface area contributed by atoms with Crippen LogP contribution >= 0.6 is 0 Å². The zero-order valence-electron chi connectivity index (χ0n) is 13.1. The monoisotopic (exact) mass is 298 g/mol. The molecule has 5 nitrogen and oxygen atoms in total. The molecule has 5 heteroatoms. The summed E-state index contributed by atoms with van der Waals surface area (Å²) >= 11 is 0. The van der Waals surface area contributed by atoms with E-state index >= 15 is 0 Å². The van der Waals surface area contributed by atoms with Crippen molar-refractivity contribution in [3.63, 3.8) is 0 Å². The van der Waals surface area contributed by atoms with Gasteiger partial charge in [0.25, 0.3) is 5.56 Å². The molecule has 1 aromatic heterocycles. The molecule has 114 valence electrons. The van der Waals surface area contributed by atoms with Gasteiger partial charge in [-0.3, -0.25) is 14.2 Å². The molecular weight excluding hydrogens is 280 g/mol. The summed E-state index contributed by atoms with van der Waals surface area (Å²) in [6.45, 7) is 3.85. The van der Waals surface area contributed by atoms with Crippen LogP contribution in [-0.4, -0.2) is 14.9 Å². The summed E-state index contributed by atoms with van der Waals surface area (Å²) in [6.07, 6.45) is 4.23. The van der Waals surface area contributed by atoms with Crippen LogP contribution in [0.25, 0.3) is 6.08 Å². The highest BCUT2D eigenvalue weighted by Crippen LogP contribution is 2.10. The molecule has 0 saturated heterocycles. The lowest BCUT2D eigenvalue weighted by molar-refractivity contribution is 0.104. The summed E-state index contributed by atoms with van der Waals surface area (Å²) in [5.41, 5.74) is 2.07. The molecule has 2 rings (SSSR count). The quantitative estimate of drug-likeness (QED) is 0.639. The van der Waals surface area contributed by atoms with E-state index in [1.54, 1.807) is 19.2 Å². The number of carbonyl (C=O) groups excluding carboxylic acids is 1. The van der Waals surface area contributed by atoms with Crippen LogP contribution in [-0.2, 0) is 14.1 Å². The number of aromatic nitrogens is 2. The van der Waals surface area contributed by atoms with Gasteiger partial charge >= 0.3 is 5.69 Å². The third kappa shape index (κ3) is 3.14. The number of carbonyl (C=O) groups is 1. The normalized spacial score (nSPS) is 11.1. The third-order valence-corrected chi connectivity index (χ3v) is 3.39. The molecule has 1 aromatic carbocycles. The van der Waals surface area contributed by atoms with Crippen molar-refractivity contribution in [3.05, 3.63) is 73.6 Å². The molecule has 0 saturated carbocycles. The van der Waals surface area contributed by atoms with Crippen molar-refractivity contribution in [1.29, 1.82) is 0 Å². The molecule has 0 bridgehead atoms. The van der Waals surface area contributed by atoms with Gasteiger partial charge in [0.05, 0.1) is 5.56 Å². The van der Waals surface area contributed by atoms with Crippen LogP contribution in [0.3, 0.4) is 0 Å². The number of aryl methyl sites for hydroxylation is 3. The van der Waals surface area contributed by atoms with Gasteiger partial charge in [0.2, 0.25) is 0 Å². The molecular formula is C17H18N2O3. The lowest BCUT2D eigenvalue weighted by Crippen LogP contribution is -2.37. The van der Waals surface area contributed by atoms with Crippen molar-refractivity contribution in [1.82, 2.24) is 9.13 Å². The summed E-state index contributed by atoms with van der Waals surface area (Å²) < 4.78 is 2.32. The van der Waals surface area contributed by atoms with E-state index in [0.717, 1.165) is 15.7 Å². The zero-order valence-corrected chi connectivity index (χ0v) is 13.1. The third-order valence-electron chi connectivity index (χ3n) is 3.39. The van der Waals surface area contributed by atoms with Crippen LogP contribution in [0.4, 0.5) is 0 Å². The maximum absolute atomic E-state index is 12.2. The van der Waals surface area contributed by atoms with Gasteiger partial charge in [-0.2, -0.15) is 0 Å². The summed E-state index contributed by atoms with van der Waals surface area (Å²) in [4.78, 5) is 35.8. The van der Waals surface area contributed by atoms with Crippen LogP contribution in [0.5, 0.6) is 0 Å². The highest BCUT2D eigenvalue weighted by molar-refractivity contribution is 6.07. The Morgan fingerprint density at radius 2 is 1.64 bits per heavy atom. The molecule has 0 spiro atoms. The van der Waals surface area contributed by atoms with Crippen molar-refractivity contribution in [3.8, 4) is 0 Å². The predicted molar refractivity (Wildman–Crippen MR) is 86.2 cm³/mol. The maximum Gasteiger partial charge on any atom is 0.330 e. The van der Waals surface area contributed by atoms with Gasteiger partial charge in [0, 0.05) is 25.9 Å². The van der Waals surface area contributed by atoms with Gasteiger partial charge in [-0.15, -0.1) is 0 Å². The highest BCUT2D eigenvalue weighted by Gasteiger charge is 2.06. The fourth-order valence-electron chi connectivity index (χ4n) is 2.33. The van der Waals surface area contributed by atoms with E-state index in [1.165, 1.54) is 30.0 Å².